The van der Waals surface area contributed by atoms with Gasteiger partial charge in [0, 0.05) is 44.0 Å². The zero-order valence-corrected chi connectivity index (χ0v) is 19.9. The van der Waals surface area contributed by atoms with Crippen molar-refractivity contribution in [3.05, 3.63) is 83.4 Å². The normalized spacial score (nSPS) is 16.0. The first-order chi connectivity index (χ1) is 17.5. The summed E-state index contributed by atoms with van der Waals surface area (Å²) in [5.74, 6) is -0.327. The van der Waals surface area contributed by atoms with E-state index in [1.807, 2.05) is 42.5 Å². The van der Waals surface area contributed by atoms with Gasteiger partial charge in [0.2, 0.25) is 6.79 Å². The fourth-order valence-electron chi connectivity index (χ4n) is 4.59. The van der Waals surface area contributed by atoms with Gasteiger partial charge in [-0.1, -0.05) is 6.07 Å². The van der Waals surface area contributed by atoms with Crippen LogP contribution in [-0.4, -0.2) is 57.4 Å². The lowest BCUT2D eigenvalue weighted by Gasteiger charge is -2.40. The number of ether oxygens (including phenoxy) is 3. The number of hydrogen-bond acceptors (Lipinski definition) is 6. The zero-order valence-electron chi connectivity index (χ0n) is 19.9. The average Bonchev–Trinajstić information content (AvgIpc) is 3.39. The van der Waals surface area contributed by atoms with Crippen molar-refractivity contribution < 1.29 is 27.8 Å². The fraction of sp³-hybridized carbons (Fsp3) is 0.296. The molecule has 1 unspecified atom stereocenters. The molecule has 0 aromatic heterocycles. The number of fused-ring (bicyclic) bond motifs is 1. The highest BCUT2D eigenvalue weighted by Gasteiger charge is 2.27. The predicted molar refractivity (Wildman–Crippen MR) is 131 cm³/mol. The Morgan fingerprint density at radius 2 is 1.69 bits per heavy atom. The Balaban J connectivity index is 1.31. The number of nitrogens with zero attached hydrogens (tertiary/aromatic N) is 2. The third-order valence-corrected chi connectivity index (χ3v) is 6.61. The molecule has 36 heavy (non-hydrogen) atoms. The van der Waals surface area contributed by atoms with Gasteiger partial charge < -0.3 is 24.4 Å². The van der Waals surface area contributed by atoms with Crippen LogP contribution in [-0.2, 0) is 0 Å². The van der Waals surface area contributed by atoms with E-state index in [0.717, 1.165) is 55.3 Å². The fourth-order valence-corrected chi connectivity index (χ4v) is 4.59. The minimum Gasteiger partial charge on any atom is -0.497 e. The SMILES string of the molecule is COc1ccc(N2CCN(C(CNC(=O)c3ccc(F)c(F)c3)c3ccc4c(c3)OCO4)CC2)cc1. The molecule has 2 heterocycles. The molecule has 0 saturated carbocycles. The second-order valence-corrected chi connectivity index (χ2v) is 8.69. The topological polar surface area (TPSA) is 63.3 Å². The molecule has 5 rings (SSSR count). The lowest BCUT2D eigenvalue weighted by atomic mass is 10.0. The van der Waals surface area contributed by atoms with Crippen molar-refractivity contribution in [2.24, 2.45) is 0 Å². The van der Waals surface area contributed by atoms with Crippen molar-refractivity contribution in [1.29, 1.82) is 0 Å². The van der Waals surface area contributed by atoms with Gasteiger partial charge in [-0.2, -0.15) is 0 Å². The van der Waals surface area contributed by atoms with Crippen LogP contribution in [0.15, 0.2) is 60.7 Å². The highest BCUT2D eigenvalue weighted by atomic mass is 19.2. The van der Waals surface area contributed by atoms with Crippen LogP contribution in [0.2, 0.25) is 0 Å². The minimum absolute atomic E-state index is 0.0719. The summed E-state index contributed by atoms with van der Waals surface area (Å²) in [6.45, 7) is 3.63. The Hall–Kier alpha value is -3.85. The standard InChI is InChI=1S/C27H27F2N3O4/c1-34-21-6-4-20(5-7-21)31-10-12-32(13-11-31)24(18-3-9-25-26(15-18)36-17-35-25)16-30-27(33)19-2-8-22(28)23(29)14-19/h2-9,14-15,24H,10-13,16-17H2,1H3,(H,30,33). The van der Waals surface area contributed by atoms with E-state index in [4.69, 9.17) is 14.2 Å². The van der Waals surface area contributed by atoms with E-state index in [9.17, 15) is 13.6 Å². The molecule has 1 fully saturated rings. The Bertz CT molecular complexity index is 1230. The number of carbonyl (C=O) groups is 1. The Kier molecular flexibility index (Phi) is 6.90. The number of benzene rings is 3. The van der Waals surface area contributed by atoms with Gasteiger partial charge in [-0.15, -0.1) is 0 Å². The van der Waals surface area contributed by atoms with Crippen molar-refractivity contribution >= 4 is 11.6 Å². The van der Waals surface area contributed by atoms with Crippen LogP contribution < -0.4 is 24.4 Å². The maximum atomic E-state index is 13.6. The first kappa shape index (κ1) is 23.9. The number of carbonyl (C=O) groups excluding carboxylic acids is 1. The molecule has 188 valence electrons. The highest BCUT2D eigenvalue weighted by Crippen LogP contribution is 2.36. The van der Waals surface area contributed by atoms with Crippen LogP contribution in [0.1, 0.15) is 22.0 Å². The summed E-state index contributed by atoms with van der Waals surface area (Å²) in [5.41, 5.74) is 2.17. The number of halogens is 2. The van der Waals surface area contributed by atoms with Crippen LogP contribution in [0.5, 0.6) is 17.2 Å². The van der Waals surface area contributed by atoms with Gasteiger partial charge in [-0.05, 0) is 60.2 Å². The summed E-state index contributed by atoms with van der Waals surface area (Å²) in [4.78, 5) is 17.3. The number of anilines is 1. The van der Waals surface area contributed by atoms with Gasteiger partial charge in [-0.3, -0.25) is 9.69 Å². The maximum Gasteiger partial charge on any atom is 0.251 e. The van der Waals surface area contributed by atoms with Gasteiger partial charge in [-0.25, -0.2) is 8.78 Å². The van der Waals surface area contributed by atoms with E-state index in [2.05, 4.69) is 15.1 Å². The van der Waals surface area contributed by atoms with E-state index < -0.39 is 17.5 Å². The molecule has 3 aromatic carbocycles. The highest BCUT2D eigenvalue weighted by molar-refractivity contribution is 5.94. The molecule has 0 bridgehead atoms. The zero-order chi connectivity index (χ0) is 25.1. The summed E-state index contributed by atoms with van der Waals surface area (Å²) >= 11 is 0. The molecule has 0 aliphatic carbocycles. The van der Waals surface area contributed by atoms with Gasteiger partial charge in [0.25, 0.3) is 5.91 Å². The van der Waals surface area contributed by atoms with Crippen LogP contribution in [0.3, 0.4) is 0 Å². The molecule has 2 aliphatic rings. The van der Waals surface area contributed by atoms with Crippen LogP contribution in [0.4, 0.5) is 14.5 Å². The molecule has 1 amide bonds. The molecule has 1 N–H and O–H groups in total. The molecule has 1 saturated heterocycles. The van der Waals surface area contributed by atoms with E-state index in [1.165, 1.54) is 6.07 Å². The van der Waals surface area contributed by atoms with Gasteiger partial charge in [0.1, 0.15) is 5.75 Å². The Morgan fingerprint density at radius 3 is 2.42 bits per heavy atom. The second-order valence-electron chi connectivity index (χ2n) is 8.69. The number of piperazine rings is 1. The second kappa shape index (κ2) is 10.4. The average molecular weight is 496 g/mol. The number of nitrogens with one attached hydrogen (secondary N) is 1. The summed E-state index contributed by atoms with van der Waals surface area (Å²) in [7, 11) is 1.65. The van der Waals surface area contributed by atoms with Crippen molar-refractivity contribution in [1.82, 2.24) is 10.2 Å². The monoisotopic (exact) mass is 495 g/mol. The third kappa shape index (κ3) is 5.06. The molecule has 0 radical (unpaired) electrons. The molecular formula is C27H27F2N3O4. The summed E-state index contributed by atoms with van der Waals surface area (Å²) in [5, 5.41) is 2.90. The maximum absolute atomic E-state index is 13.6. The third-order valence-electron chi connectivity index (χ3n) is 6.61. The summed E-state index contributed by atoms with van der Waals surface area (Å²) < 4.78 is 43.2. The lowest BCUT2D eigenvalue weighted by molar-refractivity contribution is 0.0929. The molecule has 7 nitrogen and oxygen atoms in total. The van der Waals surface area contributed by atoms with Crippen molar-refractivity contribution in [3.8, 4) is 17.2 Å². The van der Waals surface area contributed by atoms with Crippen LogP contribution in [0, 0.1) is 11.6 Å². The first-order valence-electron chi connectivity index (χ1n) is 11.8. The number of rotatable bonds is 7. The van der Waals surface area contributed by atoms with Crippen molar-refractivity contribution in [2.45, 2.75) is 6.04 Å². The van der Waals surface area contributed by atoms with Crippen LogP contribution >= 0.6 is 0 Å². The molecule has 3 aromatic rings. The van der Waals surface area contributed by atoms with E-state index in [0.29, 0.717) is 18.0 Å². The van der Waals surface area contributed by atoms with Gasteiger partial charge in [0.15, 0.2) is 23.1 Å². The first-order valence-corrected chi connectivity index (χ1v) is 11.8. The predicted octanol–water partition coefficient (Wildman–Crippen LogP) is 4.00. The van der Waals surface area contributed by atoms with E-state index in [-0.39, 0.29) is 18.4 Å². The summed E-state index contributed by atoms with van der Waals surface area (Å²) in [6, 6.07) is 16.8. The quantitative estimate of drug-likeness (QED) is 0.535. The molecule has 1 atom stereocenters. The Labute approximate surface area is 208 Å². The van der Waals surface area contributed by atoms with E-state index >= 15 is 0 Å². The van der Waals surface area contributed by atoms with Crippen molar-refractivity contribution in [3.63, 3.8) is 0 Å². The molecule has 9 heteroatoms. The smallest absolute Gasteiger partial charge is 0.251 e. The number of methoxy groups -OCH3 is 1. The number of hydrogen-bond donors (Lipinski definition) is 1. The molecule has 0 spiro atoms. The van der Waals surface area contributed by atoms with Gasteiger partial charge in [0.05, 0.1) is 13.2 Å². The lowest BCUT2D eigenvalue weighted by Crippen LogP contribution is -2.50. The largest absolute Gasteiger partial charge is 0.497 e. The molecular weight excluding hydrogens is 468 g/mol. The minimum atomic E-state index is -1.05. The van der Waals surface area contributed by atoms with Crippen LogP contribution in [0.25, 0.3) is 0 Å². The summed E-state index contributed by atoms with van der Waals surface area (Å²) in [6.07, 6.45) is 0. The van der Waals surface area contributed by atoms with Gasteiger partial charge >= 0.3 is 0 Å². The molecule has 2 aliphatic heterocycles. The van der Waals surface area contributed by atoms with Crippen molar-refractivity contribution in [2.75, 3.05) is 51.5 Å². The Morgan fingerprint density at radius 1 is 0.944 bits per heavy atom. The number of amides is 1. The van der Waals surface area contributed by atoms with E-state index in [1.54, 1.807) is 7.11 Å².